The van der Waals surface area contributed by atoms with E-state index in [0.29, 0.717) is 33.5 Å². The number of benzene rings is 2. The maximum atomic E-state index is 12.8. The second-order valence-corrected chi connectivity index (χ2v) is 7.05. The SMILES string of the molecule is Cc1nn(-c2ccccc2)c(C)c1C(=O)OCc1cc(=O)oc2c(C)c(O)ccc12. The van der Waals surface area contributed by atoms with Crippen molar-refractivity contribution in [2.24, 2.45) is 0 Å². The molecule has 0 fully saturated rings. The largest absolute Gasteiger partial charge is 0.508 e. The maximum absolute atomic E-state index is 12.8. The first-order valence-electron chi connectivity index (χ1n) is 9.41. The Labute approximate surface area is 172 Å². The quantitative estimate of drug-likeness (QED) is 0.409. The molecule has 4 aromatic rings. The molecule has 0 atom stereocenters. The van der Waals surface area contributed by atoms with Crippen LogP contribution in [-0.2, 0) is 11.3 Å². The van der Waals surface area contributed by atoms with Crippen LogP contribution >= 0.6 is 0 Å². The van der Waals surface area contributed by atoms with E-state index >= 15 is 0 Å². The summed E-state index contributed by atoms with van der Waals surface area (Å²) in [7, 11) is 0. The summed E-state index contributed by atoms with van der Waals surface area (Å²) < 4.78 is 12.4. The molecule has 152 valence electrons. The van der Waals surface area contributed by atoms with Crippen LogP contribution in [0.25, 0.3) is 16.7 Å². The number of hydrogen-bond donors (Lipinski definition) is 1. The van der Waals surface area contributed by atoms with E-state index in [2.05, 4.69) is 5.10 Å². The van der Waals surface area contributed by atoms with Gasteiger partial charge < -0.3 is 14.3 Å². The van der Waals surface area contributed by atoms with Crippen LogP contribution in [0.5, 0.6) is 5.75 Å². The first-order valence-corrected chi connectivity index (χ1v) is 9.41. The number of hydrogen-bond acceptors (Lipinski definition) is 6. The van der Waals surface area contributed by atoms with Crippen LogP contribution in [0.3, 0.4) is 0 Å². The number of nitrogens with zero attached hydrogens (tertiary/aromatic N) is 2. The summed E-state index contributed by atoms with van der Waals surface area (Å²) in [6, 6.07) is 14.0. The molecule has 2 aromatic heterocycles. The number of fused-ring (bicyclic) bond motifs is 1. The lowest BCUT2D eigenvalue weighted by atomic mass is 10.1. The molecule has 0 aliphatic rings. The third-order valence-electron chi connectivity index (χ3n) is 5.07. The van der Waals surface area contributed by atoms with E-state index in [-0.39, 0.29) is 17.9 Å². The van der Waals surface area contributed by atoms with Crippen LogP contribution in [0.15, 0.2) is 57.7 Å². The number of ether oxygens (including phenoxy) is 1. The smallest absolute Gasteiger partial charge is 0.342 e. The Morgan fingerprint density at radius 3 is 2.60 bits per heavy atom. The van der Waals surface area contributed by atoms with Gasteiger partial charge in [-0.05, 0) is 45.0 Å². The number of carbonyl (C=O) groups is 1. The normalized spacial score (nSPS) is 11.0. The van der Waals surface area contributed by atoms with Crippen molar-refractivity contribution in [3.05, 3.63) is 87.0 Å². The van der Waals surface area contributed by atoms with Crippen LogP contribution in [-0.4, -0.2) is 20.9 Å². The van der Waals surface area contributed by atoms with Gasteiger partial charge in [-0.25, -0.2) is 14.3 Å². The summed E-state index contributed by atoms with van der Waals surface area (Å²) in [5, 5.41) is 14.9. The predicted molar refractivity (Wildman–Crippen MR) is 111 cm³/mol. The number of para-hydroxylation sites is 1. The molecule has 0 amide bonds. The molecule has 0 aliphatic heterocycles. The Kier molecular flexibility index (Phi) is 4.87. The molecule has 1 N–H and O–H groups in total. The molecule has 30 heavy (non-hydrogen) atoms. The molecule has 7 heteroatoms. The van der Waals surface area contributed by atoms with Gasteiger partial charge in [0.1, 0.15) is 23.5 Å². The van der Waals surface area contributed by atoms with Gasteiger partial charge in [0, 0.05) is 22.6 Å². The molecule has 0 spiro atoms. The Morgan fingerprint density at radius 2 is 1.87 bits per heavy atom. The minimum atomic E-state index is -0.577. The van der Waals surface area contributed by atoms with Crippen LogP contribution < -0.4 is 5.63 Å². The molecule has 0 unspecified atom stereocenters. The molecular weight excluding hydrogens is 384 g/mol. The summed E-state index contributed by atoms with van der Waals surface area (Å²) in [6.07, 6.45) is 0. The highest BCUT2D eigenvalue weighted by atomic mass is 16.5. The van der Waals surface area contributed by atoms with Gasteiger partial charge in [-0.2, -0.15) is 5.10 Å². The van der Waals surface area contributed by atoms with Gasteiger partial charge in [-0.15, -0.1) is 0 Å². The highest BCUT2D eigenvalue weighted by Gasteiger charge is 2.21. The van der Waals surface area contributed by atoms with Gasteiger partial charge in [-0.3, -0.25) is 0 Å². The van der Waals surface area contributed by atoms with Crippen LogP contribution in [0.4, 0.5) is 0 Å². The van der Waals surface area contributed by atoms with Crippen LogP contribution in [0.2, 0.25) is 0 Å². The van der Waals surface area contributed by atoms with Gasteiger partial charge in [0.05, 0.1) is 17.1 Å². The lowest BCUT2D eigenvalue weighted by molar-refractivity contribution is 0.0472. The molecule has 0 bridgehead atoms. The zero-order chi connectivity index (χ0) is 21.4. The molecule has 0 saturated heterocycles. The molecule has 0 radical (unpaired) electrons. The highest BCUT2D eigenvalue weighted by molar-refractivity contribution is 5.92. The van der Waals surface area contributed by atoms with Gasteiger partial charge in [0.25, 0.3) is 0 Å². The summed E-state index contributed by atoms with van der Waals surface area (Å²) in [5.41, 5.74) is 3.11. The van der Waals surface area contributed by atoms with Crippen molar-refractivity contribution in [3.8, 4) is 11.4 Å². The minimum absolute atomic E-state index is 0.0272. The molecule has 2 heterocycles. The second kappa shape index (κ2) is 7.51. The van der Waals surface area contributed by atoms with Crippen LogP contribution in [0, 0.1) is 20.8 Å². The van der Waals surface area contributed by atoms with E-state index in [4.69, 9.17) is 9.15 Å². The average molecular weight is 404 g/mol. The topological polar surface area (TPSA) is 94.6 Å². The van der Waals surface area contributed by atoms with Gasteiger partial charge in [0.2, 0.25) is 0 Å². The van der Waals surface area contributed by atoms with E-state index < -0.39 is 11.6 Å². The zero-order valence-corrected chi connectivity index (χ0v) is 16.8. The van der Waals surface area contributed by atoms with Gasteiger partial charge in [-0.1, -0.05) is 18.2 Å². The number of rotatable bonds is 4. The highest BCUT2D eigenvalue weighted by Crippen LogP contribution is 2.28. The van der Waals surface area contributed by atoms with Crippen molar-refractivity contribution in [2.75, 3.05) is 0 Å². The first kappa shape index (κ1) is 19.4. The standard InChI is InChI=1S/C23H20N2O5/c1-13-19(26)10-9-18-16(11-20(27)30-22(13)18)12-29-23(28)21-14(2)24-25(15(21)3)17-7-5-4-6-8-17/h4-11,26H,12H2,1-3H3. The fraction of sp³-hybridized carbons (Fsp3) is 0.174. The number of phenols is 1. The van der Waals surface area contributed by atoms with Crippen molar-refractivity contribution in [3.63, 3.8) is 0 Å². The number of esters is 1. The fourth-order valence-corrected chi connectivity index (χ4v) is 3.51. The lowest BCUT2D eigenvalue weighted by Gasteiger charge is -2.09. The molecule has 0 aliphatic carbocycles. The number of aromatic hydroxyl groups is 1. The summed E-state index contributed by atoms with van der Waals surface area (Å²) in [6.45, 7) is 5.10. The van der Waals surface area contributed by atoms with Crippen molar-refractivity contribution in [2.45, 2.75) is 27.4 Å². The maximum Gasteiger partial charge on any atom is 0.342 e. The molecule has 4 rings (SSSR count). The number of aromatic nitrogens is 2. The Bertz CT molecular complexity index is 1320. The second-order valence-electron chi connectivity index (χ2n) is 7.05. The van der Waals surface area contributed by atoms with Gasteiger partial charge in [0.15, 0.2) is 0 Å². The van der Waals surface area contributed by atoms with Crippen molar-refractivity contribution >= 4 is 16.9 Å². The van der Waals surface area contributed by atoms with Crippen molar-refractivity contribution in [1.29, 1.82) is 0 Å². The third-order valence-corrected chi connectivity index (χ3v) is 5.07. The third kappa shape index (κ3) is 3.34. The van der Waals surface area contributed by atoms with E-state index in [1.54, 1.807) is 24.6 Å². The Hall–Kier alpha value is -3.87. The van der Waals surface area contributed by atoms with E-state index in [1.807, 2.05) is 37.3 Å². The average Bonchev–Trinajstić information content (AvgIpc) is 3.03. The van der Waals surface area contributed by atoms with Gasteiger partial charge >= 0.3 is 11.6 Å². The minimum Gasteiger partial charge on any atom is -0.508 e. The van der Waals surface area contributed by atoms with E-state index in [1.165, 1.54) is 12.1 Å². The zero-order valence-electron chi connectivity index (χ0n) is 16.8. The summed E-state index contributed by atoms with van der Waals surface area (Å²) >= 11 is 0. The molecule has 0 saturated carbocycles. The first-order chi connectivity index (χ1) is 14.4. The Morgan fingerprint density at radius 1 is 1.13 bits per heavy atom. The van der Waals surface area contributed by atoms with Crippen molar-refractivity contribution in [1.82, 2.24) is 9.78 Å². The lowest BCUT2D eigenvalue weighted by Crippen LogP contribution is -2.10. The fourth-order valence-electron chi connectivity index (χ4n) is 3.51. The summed E-state index contributed by atoms with van der Waals surface area (Å²) in [4.78, 5) is 24.8. The molecule has 2 aromatic carbocycles. The monoisotopic (exact) mass is 404 g/mol. The number of phenolic OH excluding ortho intramolecular Hbond substituents is 1. The van der Waals surface area contributed by atoms with Crippen LogP contribution in [0.1, 0.15) is 32.9 Å². The molecule has 7 nitrogen and oxygen atoms in total. The number of carbonyl (C=O) groups excluding carboxylic acids is 1. The number of aryl methyl sites for hydroxylation is 2. The summed E-state index contributed by atoms with van der Waals surface area (Å²) in [5.74, 6) is -0.497. The van der Waals surface area contributed by atoms with E-state index in [9.17, 15) is 14.7 Å². The van der Waals surface area contributed by atoms with E-state index in [0.717, 1.165) is 5.69 Å². The van der Waals surface area contributed by atoms with Crippen molar-refractivity contribution < 1.29 is 19.1 Å². The molecular formula is C23H20N2O5. The predicted octanol–water partition coefficient (Wildman–Crippen LogP) is 3.97. The Balaban J connectivity index is 1.65.